The highest BCUT2D eigenvalue weighted by Crippen LogP contribution is 2.57. The summed E-state index contributed by atoms with van der Waals surface area (Å²) in [5.74, 6) is -1.42. The van der Waals surface area contributed by atoms with Crippen molar-refractivity contribution in [2.24, 2.45) is 29.1 Å². The maximum Gasteiger partial charge on any atom is 0.235 e. The van der Waals surface area contributed by atoms with Gasteiger partial charge in [-0.1, -0.05) is 62.9 Å². The first kappa shape index (κ1) is 23.9. The predicted molar refractivity (Wildman–Crippen MR) is 128 cm³/mol. The molecule has 0 aromatic heterocycles. The second-order valence-electron chi connectivity index (χ2n) is 10.9. The fourth-order valence-electron chi connectivity index (χ4n) is 6.73. The Morgan fingerprint density at radius 3 is 2.58 bits per heavy atom. The van der Waals surface area contributed by atoms with Gasteiger partial charge in [-0.3, -0.25) is 9.59 Å². The number of hydrogen-bond donors (Lipinski definition) is 3. The van der Waals surface area contributed by atoms with Crippen LogP contribution in [0, 0.1) is 29.1 Å². The number of carbonyl (C=O) groups excluding carboxylic acids is 2. The molecule has 1 amide bonds. The fourth-order valence-corrected chi connectivity index (χ4v) is 6.73. The van der Waals surface area contributed by atoms with E-state index in [-0.39, 0.29) is 41.9 Å². The molecule has 1 heterocycles. The third kappa shape index (κ3) is 4.10. The summed E-state index contributed by atoms with van der Waals surface area (Å²) in [7, 11) is 0. The standard InChI is InChI=1S/C28H37NO4/c1-17-9-8-12-21-25(31)19(3)18(2)24-22(15-20-10-6-5-7-11-20)29-26(32)28(21,24)23(30)13-14-27(4,33)16-17/h5-8,10-12,17-18,21-22,24-25,31,33H,3,9,13-16H2,1-2,4H3,(H,29,32)/b12-8+/t17-,18+,21-,22-,24-,25+,27+,28+/m0/s1. The number of amides is 1. The first-order valence-corrected chi connectivity index (χ1v) is 12.2. The molecule has 1 aromatic rings. The van der Waals surface area contributed by atoms with E-state index in [1.807, 2.05) is 49.4 Å². The van der Waals surface area contributed by atoms with Crippen LogP contribution in [0.25, 0.3) is 0 Å². The smallest absolute Gasteiger partial charge is 0.235 e. The van der Waals surface area contributed by atoms with E-state index >= 15 is 0 Å². The topological polar surface area (TPSA) is 86.6 Å². The van der Waals surface area contributed by atoms with Crippen LogP contribution in [-0.4, -0.2) is 39.7 Å². The minimum atomic E-state index is -1.36. The van der Waals surface area contributed by atoms with Gasteiger partial charge in [0.15, 0.2) is 0 Å². The summed E-state index contributed by atoms with van der Waals surface area (Å²) < 4.78 is 0. The summed E-state index contributed by atoms with van der Waals surface area (Å²) in [5.41, 5.74) is -0.561. The van der Waals surface area contributed by atoms with Gasteiger partial charge in [0, 0.05) is 24.3 Å². The molecule has 4 rings (SSSR count). The average molecular weight is 452 g/mol. The van der Waals surface area contributed by atoms with E-state index in [2.05, 4.69) is 18.8 Å². The molecule has 0 bridgehead atoms. The van der Waals surface area contributed by atoms with Crippen LogP contribution < -0.4 is 5.32 Å². The van der Waals surface area contributed by atoms with E-state index < -0.39 is 23.0 Å². The second-order valence-corrected chi connectivity index (χ2v) is 10.9. The van der Waals surface area contributed by atoms with Crippen molar-refractivity contribution >= 4 is 11.7 Å². The highest BCUT2D eigenvalue weighted by atomic mass is 16.3. The maximum atomic E-state index is 14.0. The van der Waals surface area contributed by atoms with Crippen molar-refractivity contribution < 1.29 is 19.8 Å². The Balaban J connectivity index is 1.82. The molecule has 3 N–H and O–H groups in total. The lowest BCUT2D eigenvalue weighted by molar-refractivity contribution is -0.152. The highest BCUT2D eigenvalue weighted by Gasteiger charge is 2.68. The van der Waals surface area contributed by atoms with E-state index in [4.69, 9.17) is 0 Å². The number of hydrogen-bond acceptors (Lipinski definition) is 4. The highest BCUT2D eigenvalue weighted by molar-refractivity contribution is 6.09. The fraction of sp³-hybridized carbons (Fsp3) is 0.571. The molecule has 1 aromatic carbocycles. The Hall–Kier alpha value is -2.24. The monoisotopic (exact) mass is 451 g/mol. The number of nitrogens with one attached hydrogen (secondary N) is 1. The molecule has 0 radical (unpaired) electrons. The molecule has 2 fully saturated rings. The first-order valence-electron chi connectivity index (χ1n) is 12.2. The SMILES string of the molecule is C=C1[C@@H](C)[C@H]2[C@H](Cc3ccccc3)NC(=O)[C@]23C(=O)CC[C@@](C)(O)C[C@@H](C)C/C=C/[C@H]3[C@@H]1O. The predicted octanol–water partition coefficient (Wildman–Crippen LogP) is 3.60. The summed E-state index contributed by atoms with van der Waals surface area (Å²) in [6.07, 6.45) is 5.23. The average Bonchev–Trinajstić information content (AvgIpc) is 3.04. The largest absolute Gasteiger partial charge is 0.390 e. The van der Waals surface area contributed by atoms with Crippen LogP contribution >= 0.6 is 0 Å². The molecule has 33 heavy (non-hydrogen) atoms. The van der Waals surface area contributed by atoms with Crippen LogP contribution in [0.1, 0.15) is 52.0 Å². The minimum absolute atomic E-state index is 0.109. The van der Waals surface area contributed by atoms with Crippen LogP contribution in [0.4, 0.5) is 0 Å². The third-order valence-corrected chi connectivity index (χ3v) is 8.34. The van der Waals surface area contributed by atoms with E-state index in [1.165, 1.54) is 0 Å². The molecular formula is C28H37NO4. The van der Waals surface area contributed by atoms with Gasteiger partial charge in [-0.05, 0) is 55.6 Å². The first-order chi connectivity index (χ1) is 15.6. The van der Waals surface area contributed by atoms with Crippen molar-refractivity contribution in [2.75, 3.05) is 0 Å². The Kier molecular flexibility index (Phi) is 6.41. The van der Waals surface area contributed by atoms with E-state index in [9.17, 15) is 19.8 Å². The van der Waals surface area contributed by atoms with Gasteiger partial charge < -0.3 is 15.5 Å². The van der Waals surface area contributed by atoms with E-state index in [0.29, 0.717) is 31.3 Å². The zero-order valence-corrected chi connectivity index (χ0v) is 20.0. The Morgan fingerprint density at radius 2 is 1.88 bits per heavy atom. The quantitative estimate of drug-likeness (QED) is 0.474. The van der Waals surface area contributed by atoms with Crippen LogP contribution in [0.5, 0.6) is 0 Å². The van der Waals surface area contributed by atoms with E-state index in [0.717, 1.165) is 5.56 Å². The Bertz CT molecular complexity index is 952. The number of Topliss-reactive ketones (excluding diaryl/α,β-unsaturated/α-hetero) is 1. The van der Waals surface area contributed by atoms with Crippen molar-refractivity contribution in [3.8, 4) is 0 Å². The Morgan fingerprint density at radius 1 is 1.18 bits per heavy atom. The van der Waals surface area contributed by atoms with Crippen LogP contribution in [0.2, 0.25) is 0 Å². The molecule has 178 valence electrons. The van der Waals surface area contributed by atoms with Crippen molar-refractivity contribution in [3.63, 3.8) is 0 Å². The van der Waals surface area contributed by atoms with Crippen LogP contribution in [-0.2, 0) is 16.0 Å². The van der Waals surface area contributed by atoms with Crippen molar-refractivity contribution in [1.82, 2.24) is 5.32 Å². The molecule has 5 heteroatoms. The summed E-state index contributed by atoms with van der Waals surface area (Å²) >= 11 is 0. The van der Waals surface area contributed by atoms with Crippen molar-refractivity contribution in [1.29, 1.82) is 0 Å². The van der Waals surface area contributed by atoms with Gasteiger partial charge >= 0.3 is 0 Å². The lowest BCUT2D eigenvalue weighted by atomic mass is 9.51. The summed E-state index contributed by atoms with van der Waals surface area (Å²) in [5, 5.41) is 25.4. The van der Waals surface area contributed by atoms with Gasteiger partial charge in [-0.25, -0.2) is 0 Å². The van der Waals surface area contributed by atoms with Crippen LogP contribution in [0.15, 0.2) is 54.6 Å². The molecule has 3 aliphatic rings. The van der Waals surface area contributed by atoms with Gasteiger partial charge in [0.05, 0.1) is 11.7 Å². The third-order valence-electron chi connectivity index (χ3n) is 8.34. The molecule has 1 aliphatic heterocycles. The van der Waals surface area contributed by atoms with Gasteiger partial charge in [-0.2, -0.15) is 0 Å². The minimum Gasteiger partial charge on any atom is -0.390 e. The molecule has 2 aliphatic carbocycles. The normalized spacial score (nSPS) is 42.6. The Labute approximate surface area is 197 Å². The molecule has 1 spiro atoms. The number of ketones is 1. The van der Waals surface area contributed by atoms with Gasteiger partial charge in [0.1, 0.15) is 11.2 Å². The summed E-state index contributed by atoms with van der Waals surface area (Å²) in [4.78, 5) is 27.8. The van der Waals surface area contributed by atoms with Gasteiger partial charge in [0.2, 0.25) is 5.91 Å². The number of benzene rings is 1. The second kappa shape index (κ2) is 8.84. The van der Waals surface area contributed by atoms with Gasteiger partial charge in [0.25, 0.3) is 0 Å². The zero-order chi connectivity index (χ0) is 24.0. The number of allylic oxidation sites excluding steroid dienone is 1. The van der Waals surface area contributed by atoms with Crippen LogP contribution in [0.3, 0.4) is 0 Å². The lowest BCUT2D eigenvalue weighted by Gasteiger charge is -2.49. The number of carbonyl (C=O) groups is 2. The molecule has 5 nitrogen and oxygen atoms in total. The summed E-state index contributed by atoms with van der Waals surface area (Å²) in [6.45, 7) is 10.0. The van der Waals surface area contributed by atoms with Crippen molar-refractivity contribution in [2.45, 2.75) is 70.6 Å². The molecule has 1 saturated carbocycles. The molecule has 1 saturated heterocycles. The van der Waals surface area contributed by atoms with E-state index in [1.54, 1.807) is 6.92 Å². The zero-order valence-electron chi connectivity index (χ0n) is 20.0. The number of rotatable bonds is 2. The molecular weight excluding hydrogens is 414 g/mol. The number of aliphatic hydroxyl groups is 2. The van der Waals surface area contributed by atoms with Gasteiger partial charge in [-0.15, -0.1) is 0 Å². The summed E-state index contributed by atoms with van der Waals surface area (Å²) in [6, 6.07) is 9.74. The molecule has 8 atom stereocenters. The molecule has 0 unspecified atom stereocenters. The maximum absolute atomic E-state index is 14.0. The lowest BCUT2D eigenvalue weighted by Crippen LogP contribution is -2.58. The van der Waals surface area contributed by atoms with Crippen molar-refractivity contribution in [3.05, 3.63) is 60.2 Å². The number of aliphatic hydroxyl groups excluding tert-OH is 1.